The maximum Gasteiger partial charge on any atom is 0.411 e. The largest absolute Gasteiger partial charge is 0.411 e. The van der Waals surface area contributed by atoms with Crippen LogP contribution in [0.3, 0.4) is 0 Å². The lowest BCUT2D eigenvalue weighted by molar-refractivity contribution is -0.141. The molecule has 0 aliphatic heterocycles. The van der Waals surface area contributed by atoms with E-state index in [4.69, 9.17) is 174 Å². The number of hydrogen-bond donors (Lipinski definition) is 0. The van der Waals surface area contributed by atoms with Crippen molar-refractivity contribution < 1.29 is 71.5 Å². The summed E-state index contributed by atoms with van der Waals surface area (Å²) in [6, 6.07) is 0. The minimum absolute atomic E-state index is 0. The highest BCUT2D eigenvalue weighted by molar-refractivity contribution is 6.83. The van der Waals surface area contributed by atoms with Gasteiger partial charge in [-0.2, -0.15) is 39.5 Å². The van der Waals surface area contributed by atoms with Crippen molar-refractivity contribution in [1.82, 2.24) is 0 Å². The fourth-order valence-corrected chi connectivity index (χ4v) is 3.92. The molecule has 0 nitrogen and oxygen atoms in total. The fourth-order valence-electron chi connectivity index (χ4n) is 0.771. The van der Waals surface area contributed by atoms with Crippen molar-refractivity contribution in [1.29, 1.82) is 0 Å². The Hall–Kier alpha value is 4.74. The van der Waals surface area contributed by atoms with Crippen LogP contribution in [0.5, 0.6) is 0 Å². The van der Waals surface area contributed by atoms with Gasteiger partial charge in [0, 0.05) is 18.9 Å². The van der Waals surface area contributed by atoms with E-state index in [9.17, 15) is 52.7 Å². The van der Waals surface area contributed by atoms with E-state index in [-0.39, 0.29) is 116 Å². The van der Waals surface area contributed by atoms with Gasteiger partial charge in [0.2, 0.25) is 0 Å². The van der Waals surface area contributed by atoms with E-state index in [1.54, 1.807) is 0 Å². The van der Waals surface area contributed by atoms with Gasteiger partial charge in [-0.3, -0.25) is 18.8 Å². The van der Waals surface area contributed by atoms with Gasteiger partial charge < -0.3 is 0 Å². The van der Waals surface area contributed by atoms with Gasteiger partial charge in [-0.1, -0.05) is 180 Å². The molecule has 0 bridgehead atoms. The van der Waals surface area contributed by atoms with E-state index in [1.807, 2.05) is 0 Å². The highest BCUT2D eigenvalue weighted by atomic mass is 35.6. The highest BCUT2D eigenvalue weighted by Crippen LogP contribution is 2.34. The molecule has 38 heteroatoms. The molecule has 0 aromatic carbocycles. The molecule has 0 heterocycles. The molecule has 0 rings (SSSR count). The summed E-state index contributed by atoms with van der Waals surface area (Å²) in [6.45, 7) is 3.13. The van der Waals surface area contributed by atoms with E-state index in [0.29, 0.717) is 0 Å². The zero-order valence-corrected chi connectivity index (χ0v) is 42.1. The zero-order chi connectivity index (χ0) is 40.3. The van der Waals surface area contributed by atoms with E-state index in [2.05, 4.69) is 29.8 Å². The molecule has 2 unspecified atom stereocenters. The van der Waals surface area contributed by atoms with E-state index < -0.39 is 75.5 Å². The lowest BCUT2D eigenvalue weighted by Crippen LogP contribution is -2.11. The Balaban J connectivity index is -0.0000000182. The third-order valence-corrected chi connectivity index (χ3v) is 3.65. The number of rotatable bonds is 4. The third-order valence-electron chi connectivity index (χ3n) is 1.80. The van der Waals surface area contributed by atoms with Gasteiger partial charge >= 0.3 is 18.5 Å². The number of hydrogen-bond acceptors (Lipinski definition) is 0. The SMILES string of the molecule is C.C.C.C=CCl.Cl.Cl.Cl.Cl.Cl.ClC(Cl)(Cl)Cl.ClC(Cl)CC(Cl)(Cl)Cl.ClC(Cl)CC(Cl)(Cl)Cl.F.F.F.F.F/C=C/C(F)(F)F.FC(Cl)CC(F)(F)F.FC(Cl)CC(F)(F)F. The Labute approximate surface area is 449 Å². The van der Waals surface area contributed by atoms with Crippen LogP contribution in [0.15, 0.2) is 24.5 Å². The summed E-state index contributed by atoms with van der Waals surface area (Å²) in [5.41, 5.74) is -3.40. The third kappa shape index (κ3) is 280. The summed E-state index contributed by atoms with van der Waals surface area (Å²) in [7, 11) is 0. The van der Waals surface area contributed by atoms with Crippen molar-refractivity contribution in [2.75, 3.05) is 0 Å². The molecule has 0 aromatic heterocycles. The maximum atomic E-state index is 11.2. The topological polar surface area (TPSA) is 0 Å². The van der Waals surface area contributed by atoms with E-state index >= 15 is 0 Å². The summed E-state index contributed by atoms with van der Waals surface area (Å²) in [5.74, 6) is 0. The van der Waals surface area contributed by atoms with Gasteiger partial charge in [-0.05, 0) is 5.54 Å². The predicted molar refractivity (Wildman–Crippen MR) is 249 cm³/mol. The Morgan fingerprint density at radius 1 is 0.458 bits per heavy atom. The lowest BCUT2D eigenvalue weighted by Gasteiger charge is -2.09. The smallest absolute Gasteiger partial charge is 0.269 e. The molecule has 0 spiro atoms. The first-order chi connectivity index (χ1) is 20.1. The van der Waals surface area contributed by atoms with Crippen LogP contribution >= 0.6 is 259 Å². The molecule has 0 aliphatic rings. The van der Waals surface area contributed by atoms with Crippen LogP contribution in [-0.4, -0.2) is 50.3 Å². The van der Waals surface area contributed by atoms with Gasteiger partial charge in [0.25, 0.3) is 3.25 Å². The average Bonchev–Trinajstić information content (AvgIpc) is 2.59. The van der Waals surface area contributed by atoms with Crippen LogP contribution in [0.4, 0.5) is 71.5 Å². The number of alkyl halides is 27. The molecule has 59 heavy (non-hydrogen) atoms. The van der Waals surface area contributed by atoms with Gasteiger partial charge in [-0.25, -0.2) is 13.2 Å². The summed E-state index contributed by atoms with van der Waals surface area (Å²) < 4.78 is 127. The van der Waals surface area contributed by atoms with Crippen LogP contribution in [-0.2, 0) is 0 Å². The summed E-state index contributed by atoms with van der Waals surface area (Å²) in [6.07, 6.45) is -17.3. The maximum absolute atomic E-state index is 11.2. The Bertz CT molecular complexity index is 644. The molecule has 0 saturated heterocycles. The second-order valence-electron chi connectivity index (χ2n) is 6.26. The van der Waals surface area contributed by atoms with Crippen molar-refractivity contribution in [3.05, 3.63) is 24.5 Å². The first kappa shape index (κ1) is 125. The molecule has 388 valence electrons. The molecule has 0 fully saturated rings. The number of allylic oxidation sites excluding steroid dienone is 1. The molecular weight excluding hydrogens is 1340 g/mol. The van der Waals surface area contributed by atoms with Crippen molar-refractivity contribution in [3.63, 3.8) is 0 Å². The number of halogens is 38. The molecule has 2 atom stereocenters. The van der Waals surface area contributed by atoms with Gasteiger partial charge in [0.15, 0.2) is 18.8 Å². The van der Waals surface area contributed by atoms with E-state index in [0.717, 1.165) is 0 Å². The second kappa shape index (κ2) is 67.0. The van der Waals surface area contributed by atoms with Crippen molar-refractivity contribution in [2.45, 2.75) is 98.3 Å². The molecule has 0 aromatic rings. The molecule has 0 aliphatic carbocycles. The highest BCUT2D eigenvalue weighted by Gasteiger charge is 2.31. The molecular formula is C21H38Cl22F16. The van der Waals surface area contributed by atoms with Crippen molar-refractivity contribution in [3.8, 4) is 0 Å². The lowest BCUT2D eigenvalue weighted by atomic mass is 10.5. The summed E-state index contributed by atoms with van der Waals surface area (Å²) >= 11 is 85.7. The van der Waals surface area contributed by atoms with Crippen molar-refractivity contribution in [2.24, 2.45) is 0 Å². The second-order valence-corrected chi connectivity index (χ2v) is 18.5. The standard InChI is InChI=1S/2C3H3Cl5.2C3H3ClF4.C3H2F4.C2H3Cl.CCl4.3CH4.5ClH.4FH/c4*4-2(5)1-3(6,7)8;4-2-1-3(5,6)7;1-2-3;2-1(3,4)5;;;;;;;;;;;;/h4*2H,1H2;1-2H;2H,1H2;;3*1H4;9*1H/b;;;;2-1+;;;;;;;;;;;;;;. The first-order valence-electron chi connectivity index (χ1n) is 9.85. The van der Waals surface area contributed by atoms with Crippen LogP contribution in [0.25, 0.3) is 0 Å². The van der Waals surface area contributed by atoms with E-state index in [1.165, 1.54) is 5.54 Å². The summed E-state index contributed by atoms with van der Waals surface area (Å²) in [4.78, 5) is -1.22. The predicted octanol–water partition coefficient (Wildman–Crippen LogP) is 22.6. The van der Waals surface area contributed by atoms with Gasteiger partial charge in [0.1, 0.15) is 9.67 Å². The Morgan fingerprint density at radius 3 is 0.610 bits per heavy atom. The molecule has 0 amide bonds. The minimum Gasteiger partial charge on any atom is -0.269 e. The fraction of sp³-hybridized carbons (Fsp3) is 0.810. The van der Waals surface area contributed by atoms with Crippen LogP contribution in [0, 0.1) is 0 Å². The molecule has 0 N–H and O–H groups in total. The zero-order valence-electron chi connectivity index (χ0n) is 25.2. The summed E-state index contributed by atoms with van der Waals surface area (Å²) in [5, 5.41) is 0. The van der Waals surface area contributed by atoms with Crippen LogP contribution in [0.2, 0.25) is 0 Å². The normalized spacial score (nSPS) is 10.6. The quantitative estimate of drug-likeness (QED) is 0.194. The van der Waals surface area contributed by atoms with Crippen molar-refractivity contribution >= 4 is 259 Å². The average molecular weight is 1370 g/mol. The monoisotopic (exact) mass is 1360 g/mol. The Morgan fingerprint density at radius 2 is 0.610 bits per heavy atom. The van der Waals surface area contributed by atoms with Gasteiger partial charge in [0.05, 0.1) is 19.2 Å². The van der Waals surface area contributed by atoms with Crippen LogP contribution in [0.1, 0.15) is 48.0 Å². The molecule has 0 saturated carbocycles. The minimum atomic E-state index is -4.51. The first-order valence-corrected chi connectivity index (χ1v) is 16.7. The Kier molecular flexibility index (Phi) is 142. The van der Waals surface area contributed by atoms with Gasteiger partial charge in [-0.15, -0.1) is 108 Å². The van der Waals surface area contributed by atoms with Crippen LogP contribution < -0.4 is 0 Å². The molecule has 0 radical (unpaired) electrons.